The summed E-state index contributed by atoms with van der Waals surface area (Å²) in [7, 11) is -3.59. The van der Waals surface area contributed by atoms with Gasteiger partial charge in [0, 0.05) is 12.6 Å². The lowest BCUT2D eigenvalue weighted by Crippen LogP contribution is -2.35. The van der Waals surface area contributed by atoms with Gasteiger partial charge in [0.1, 0.15) is 5.82 Å². The van der Waals surface area contributed by atoms with Crippen molar-refractivity contribution in [3.05, 3.63) is 71.0 Å². The molecule has 1 aliphatic heterocycles. The van der Waals surface area contributed by atoms with Crippen LogP contribution in [0.5, 0.6) is 0 Å². The zero-order valence-corrected chi connectivity index (χ0v) is 14.7. The van der Waals surface area contributed by atoms with Gasteiger partial charge in [0.05, 0.1) is 17.4 Å². The first-order valence-corrected chi connectivity index (χ1v) is 9.74. The standard InChI is InChI=1S/C19H19FN2O2S/c1-14-9-18(15-5-3-2-4-6-15)12-22(14)25(23,24)13-16-7-8-19(20)10-17(16)11-21/h2-8,10,14,18H,9,12-13H2,1H3. The van der Waals surface area contributed by atoms with E-state index in [1.807, 2.05) is 43.3 Å². The Balaban J connectivity index is 1.82. The summed E-state index contributed by atoms with van der Waals surface area (Å²) in [5.74, 6) is -0.673. The van der Waals surface area contributed by atoms with Crippen LogP contribution in [0.2, 0.25) is 0 Å². The molecule has 6 heteroatoms. The van der Waals surface area contributed by atoms with Crippen molar-refractivity contribution in [1.29, 1.82) is 5.26 Å². The van der Waals surface area contributed by atoms with Crippen molar-refractivity contribution in [1.82, 2.24) is 4.31 Å². The van der Waals surface area contributed by atoms with Crippen molar-refractivity contribution in [2.24, 2.45) is 0 Å². The molecule has 1 aliphatic rings. The Morgan fingerprint density at radius 1 is 1.24 bits per heavy atom. The summed E-state index contributed by atoms with van der Waals surface area (Å²) in [6.45, 7) is 2.33. The minimum Gasteiger partial charge on any atom is -0.212 e. The number of benzene rings is 2. The molecule has 130 valence electrons. The highest BCUT2D eigenvalue weighted by Gasteiger charge is 2.37. The molecule has 4 nitrogen and oxygen atoms in total. The maximum absolute atomic E-state index is 13.3. The summed E-state index contributed by atoms with van der Waals surface area (Å²) in [5.41, 5.74) is 1.53. The lowest BCUT2D eigenvalue weighted by molar-refractivity contribution is 0.406. The summed E-state index contributed by atoms with van der Waals surface area (Å²) >= 11 is 0. The van der Waals surface area contributed by atoms with E-state index in [-0.39, 0.29) is 23.3 Å². The quantitative estimate of drug-likeness (QED) is 0.841. The number of halogens is 1. The molecule has 2 atom stereocenters. The molecule has 1 heterocycles. The summed E-state index contributed by atoms with van der Waals surface area (Å²) in [5, 5.41) is 9.12. The molecule has 0 N–H and O–H groups in total. The molecule has 1 fully saturated rings. The van der Waals surface area contributed by atoms with E-state index in [0.29, 0.717) is 12.1 Å². The van der Waals surface area contributed by atoms with Crippen molar-refractivity contribution < 1.29 is 12.8 Å². The predicted molar refractivity (Wildman–Crippen MR) is 93.7 cm³/mol. The summed E-state index contributed by atoms with van der Waals surface area (Å²) in [6, 6.07) is 15.3. The molecule has 3 rings (SSSR count). The van der Waals surface area contributed by atoms with Gasteiger partial charge in [0.25, 0.3) is 0 Å². The molecule has 0 saturated carbocycles. The van der Waals surface area contributed by atoms with Gasteiger partial charge < -0.3 is 0 Å². The molecule has 1 saturated heterocycles. The summed E-state index contributed by atoms with van der Waals surface area (Å²) < 4.78 is 40.5. The third-order valence-corrected chi connectivity index (χ3v) is 6.58. The monoisotopic (exact) mass is 358 g/mol. The van der Waals surface area contributed by atoms with Crippen molar-refractivity contribution >= 4 is 10.0 Å². The van der Waals surface area contributed by atoms with E-state index in [4.69, 9.17) is 5.26 Å². The first-order chi connectivity index (χ1) is 11.9. The van der Waals surface area contributed by atoms with Crippen LogP contribution < -0.4 is 0 Å². The Kier molecular flexibility index (Phi) is 4.89. The van der Waals surface area contributed by atoms with Gasteiger partial charge in [0.15, 0.2) is 0 Å². The number of sulfonamides is 1. The van der Waals surface area contributed by atoms with Crippen LogP contribution in [-0.2, 0) is 15.8 Å². The number of nitrogens with zero attached hydrogens (tertiary/aromatic N) is 2. The lowest BCUT2D eigenvalue weighted by atomic mass is 9.97. The Labute approximate surface area is 147 Å². The van der Waals surface area contributed by atoms with Gasteiger partial charge in [-0.3, -0.25) is 0 Å². The van der Waals surface area contributed by atoms with Gasteiger partial charge in [-0.2, -0.15) is 9.57 Å². The second-order valence-electron chi connectivity index (χ2n) is 6.43. The summed E-state index contributed by atoms with van der Waals surface area (Å²) in [6.07, 6.45) is 0.762. The molecule has 0 aromatic heterocycles. The normalized spacial score (nSPS) is 21.2. The molecule has 2 aromatic carbocycles. The van der Waals surface area contributed by atoms with Gasteiger partial charge in [-0.1, -0.05) is 36.4 Å². The van der Waals surface area contributed by atoms with E-state index >= 15 is 0 Å². The van der Waals surface area contributed by atoms with Crippen LogP contribution in [0.4, 0.5) is 4.39 Å². The molecule has 2 aromatic rings. The van der Waals surface area contributed by atoms with E-state index in [2.05, 4.69) is 0 Å². The zero-order valence-electron chi connectivity index (χ0n) is 13.9. The molecule has 0 radical (unpaired) electrons. The minimum atomic E-state index is -3.59. The van der Waals surface area contributed by atoms with Gasteiger partial charge in [-0.15, -0.1) is 0 Å². The van der Waals surface area contributed by atoms with Crippen LogP contribution in [0.25, 0.3) is 0 Å². The SMILES string of the molecule is CC1CC(c2ccccc2)CN1S(=O)(=O)Cc1ccc(F)cc1C#N. The second kappa shape index (κ2) is 6.95. The smallest absolute Gasteiger partial charge is 0.212 e. The largest absolute Gasteiger partial charge is 0.218 e. The van der Waals surface area contributed by atoms with E-state index in [1.54, 1.807) is 0 Å². The average Bonchev–Trinajstić information content (AvgIpc) is 3.00. The minimum absolute atomic E-state index is 0.0648. The molecule has 25 heavy (non-hydrogen) atoms. The molecular formula is C19H19FN2O2S. The van der Waals surface area contributed by atoms with Crippen LogP contribution in [0.1, 0.15) is 36.0 Å². The number of nitriles is 1. The Morgan fingerprint density at radius 3 is 2.64 bits per heavy atom. The number of hydrogen-bond donors (Lipinski definition) is 0. The molecule has 2 unspecified atom stereocenters. The zero-order chi connectivity index (χ0) is 18.0. The highest BCUT2D eigenvalue weighted by molar-refractivity contribution is 7.88. The van der Waals surface area contributed by atoms with Crippen molar-refractivity contribution in [2.45, 2.75) is 31.1 Å². The van der Waals surface area contributed by atoms with Gasteiger partial charge in [0.2, 0.25) is 10.0 Å². The Hall–Kier alpha value is -2.23. The molecule has 0 spiro atoms. The fourth-order valence-electron chi connectivity index (χ4n) is 3.41. The third kappa shape index (κ3) is 3.73. The number of rotatable bonds is 4. The van der Waals surface area contributed by atoms with Gasteiger partial charge in [-0.25, -0.2) is 12.8 Å². The number of hydrogen-bond acceptors (Lipinski definition) is 3. The predicted octanol–water partition coefficient (Wildman–Crippen LogP) is 3.41. The van der Waals surface area contributed by atoms with Gasteiger partial charge in [-0.05, 0) is 42.5 Å². The van der Waals surface area contributed by atoms with E-state index in [9.17, 15) is 12.8 Å². The first-order valence-electron chi connectivity index (χ1n) is 8.13. The highest BCUT2D eigenvalue weighted by Crippen LogP contribution is 2.34. The topological polar surface area (TPSA) is 61.2 Å². The van der Waals surface area contributed by atoms with Crippen LogP contribution in [0, 0.1) is 17.1 Å². The second-order valence-corrected chi connectivity index (χ2v) is 8.35. The fraction of sp³-hybridized carbons (Fsp3) is 0.316. The molecule has 0 aliphatic carbocycles. The Bertz CT molecular complexity index is 907. The molecule has 0 amide bonds. The van der Waals surface area contributed by atoms with Crippen LogP contribution in [0.3, 0.4) is 0 Å². The van der Waals surface area contributed by atoms with Crippen molar-refractivity contribution in [3.63, 3.8) is 0 Å². The van der Waals surface area contributed by atoms with E-state index in [0.717, 1.165) is 18.1 Å². The average molecular weight is 358 g/mol. The highest BCUT2D eigenvalue weighted by atomic mass is 32.2. The van der Waals surface area contributed by atoms with Crippen LogP contribution in [-0.4, -0.2) is 25.3 Å². The van der Waals surface area contributed by atoms with Crippen LogP contribution >= 0.6 is 0 Å². The van der Waals surface area contributed by atoms with Crippen molar-refractivity contribution in [2.75, 3.05) is 6.54 Å². The molecular weight excluding hydrogens is 339 g/mol. The third-order valence-electron chi connectivity index (χ3n) is 4.68. The summed E-state index contributed by atoms with van der Waals surface area (Å²) in [4.78, 5) is 0. The van der Waals surface area contributed by atoms with Gasteiger partial charge >= 0.3 is 0 Å². The van der Waals surface area contributed by atoms with Crippen LogP contribution in [0.15, 0.2) is 48.5 Å². The maximum atomic E-state index is 13.3. The first kappa shape index (κ1) is 17.6. The fourth-order valence-corrected chi connectivity index (χ4v) is 5.27. The maximum Gasteiger partial charge on any atom is 0.218 e. The molecule has 0 bridgehead atoms. The van der Waals surface area contributed by atoms with E-state index < -0.39 is 15.8 Å². The Morgan fingerprint density at radius 2 is 1.96 bits per heavy atom. The van der Waals surface area contributed by atoms with Crippen molar-refractivity contribution in [3.8, 4) is 6.07 Å². The van der Waals surface area contributed by atoms with E-state index in [1.165, 1.54) is 16.4 Å². The lowest BCUT2D eigenvalue weighted by Gasteiger charge is -2.21.